The predicted octanol–water partition coefficient (Wildman–Crippen LogP) is 2.51. The highest BCUT2D eigenvalue weighted by atomic mass is 19.1. The average molecular weight is 239 g/mol. The van der Waals surface area contributed by atoms with Crippen LogP contribution in [0.5, 0.6) is 0 Å². The van der Waals surface area contributed by atoms with Crippen LogP contribution in [0.1, 0.15) is 32.3 Å². The van der Waals surface area contributed by atoms with Crippen LogP contribution in [0.25, 0.3) is 0 Å². The lowest BCUT2D eigenvalue weighted by Crippen LogP contribution is -2.30. The lowest BCUT2D eigenvalue weighted by molar-refractivity contribution is 0.159. The van der Waals surface area contributed by atoms with Gasteiger partial charge in [0.15, 0.2) is 0 Å². The Morgan fingerprint density at radius 1 is 1.29 bits per heavy atom. The molecule has 0 aromatic heterocycles. The first kappa shape index (κ1) is 14.1. The third kappa shape index (κ3) is 5.80. The molecule has 2 unspecified atom stereocenters. The quantitative estimate of drug-likeness (QED) is 0.766. The summed E-state index contributed by atoms with van der Waals surface area (Å²) >= 11 is 0. The number of halogens is 1. The highest BCUT2D eigenvalue weighted by Crippen LogP contribution is 2.06. The first-order valence-electron chi connectivity index (χ1n) is 6.27. The Morgan fingerprint density at radius 2 is 1.94 bits per heavy atom. The molecular formula is C14H22FNO. The molecule has 0 saturated carbocycles. The Hall–Kier alpha value is -0.930. The van der Waals surface area contributed by atoms with E-state index in [9.17, 15) is 9.50 Å². The highest BCUT2D eigenvalue weighted by molar-refractivity contribution is 5.16. The molecule has 2 atom stereocenters. The predicted molar refractivity (Wildman–Crippen MR) is 68.5 cm³/mol. The van der Waals surface area contributed by atoms with E-state index in [0.29, 0.717) is 6.04 Å². The monoisotopic (exact) mass is 239 g/mol. The van der Waals surface area contributed by atoms with Crippen molar-refractivity contribution in [1.29, 1.82) is 0 Å². The van der Waals surface area contributed by atoms with Gasteiger partial charge in [0.25, 0.3) is 0 Å². The summed E-state index contributed by atoms with van der Waals surface area (Å²) in [6, 6.07) is 6.94. The molecule has 96 valence electrons. The number of rotatable bonds is 7. The fraction of sp³-hybridized carbons (Fsp3) is 0.571. The van der Waals surface area contributed by atoms with Gasteiger partial charge in [-0.25, -0.2) is 4.39 Å². The van der Waals surface area contributed by atoms with Crippen molar-refractivity contribution in [3.63, 3.8) is 0 Å². The van der Waals surface area contributed by atoms with Gasteiger partial charge in [0.05, 0.1) is 6.10 Å². The Kier molecular flexibility index (Phi) is 6.16. The summed E-state index contributed by atoms with van der Waals surface area (Å²) in [5, 5.41) is 12.8. The van der Waals surface area contributed by atoms with Gasteiger partial charge < -0.3 is 10.4 Å². The van der Waals surface area contributed by atoms with Crippen molar-refractivity contribution in [3.05, 3.63) is 35.6 Å². The van der Waals surface area contributed by atoms with Crippen LogP contribution in [0.3, 0.4) is 0 Å². The van der Waals surface area contributed by atoms with Crippen LogP contribution in [-0.4, -0.2) is 23.8 Å². The van der Waals surface area contributed by atoms with Crippen LogP contribution in [-0.2, 0) is 6.42 Å². The van der Waals surface area contributed by atoms with E-state index in [0.717, 1.165) is 31.4 Å². The van der Waals surface area contributed by atoms with Crippen LogP contribution in [0, 0.1) is 5.82 Å². The first-order valence-corrected chi connectivity index (χ1v) is 6.27. The molecule has 0 saturated heterocycles. The van der Waals surface area contributed by atoms with Crippen molar-refractivity contribution in [2.75, 3.05) is 6.54 Å². The topological polar surface area (TPSA) is 32.3 Å². The van der Waals surface area contributed by atoms with Gasteiger partial charge in [-0.2, -0.15) is 0 Å². The van der Waals surface area contributed by atoms with Gasteiger partial charge in [-0.3, -0.25) is 0 Å². The van der Waals surface area contributed by atoms with Crippen molar-refractivity contribution in [3.8, 4) is 0 Å². The number of nitrogens with one attached hydrogen (secondary N) is 1. The van der Waals surface area contributed by atoms with E-state index in [4.69, 9.17) is 0 Å². The molecule has 0 aliphatic carbocycles. The van der Waals surface area contributed by atoms with Crippen molar-refractivity contribution in [2.45, 2.75) is 45.3 Å². The van der Waals surface area contributed by atoms with Crippen molar-refractivity contribution in [1.82, 2.24) is 5.32 Å². The summed E-state index contributed by atoms with van der Waals surface area (Å²) in [7, 11) is 0. The minimum Gasteiger partial charge on any atom is -0.393 e. The number of benzene rings is 1. The van der Waals surface area contributed by atoms with Crippen molar-refractivity contribution < 1.29 is 9.50 Å². The summed E-state index contributed by atoms with van der Waals surface area (Å²) in [6.07, 6.45) is 2.25. The zero-order valence-corrected chi connectivity index (χ0v) is 10.6. The smallest absolute Gasteiger partial charge is 0.123 e. The van der Waals surface area contributed by atoms with Gasteiger partial charge in [0, 0.05) is 6.04 Å². The molecule has 0 fully saturated rings. The number of aliphatic hydroxyl groups is 1. The summed E-state index contributed by atoms with van der Waals surface area (Å²) < 4.78 is 12.7. The van der Waals surface area contributed by atoms with Gasteiger partial charge >= 0.3 is 0 Å². The van der Waals surface area contributed by atoms with E-state index in [1.165, 1.54) is 12.1 Å². The summed E-state index contributed by atoms with van der Waals surface area (Å²) in [5.41, 5.74) is 1.13. The number of hydrogen-bond donors (Lipinski definition) is 2. The largest absolute Gasteiger partial charge is 0.393 e. The van der Waals surface area contributed by atoms with Gasteiger partial charge in [-0.15, -0.1) is 0 Å². The molecule has 2 N–H and O–H groups in total. The number of hydrogen-bond acceptors (Lipinski definition) is 2. The molecule has 1 aromatic carbocycles. The van der Waals surface area contributed by atoms with Crippen LogP contribution in [0.15, 0.2) is 24.3 Å². The molecule has 3 heteroatoms. The van der Waals surface area contributed by atoms with Crippen LogP contribution < -0.4 is 5.32 Å². The van der Waals surface area contributed by atoms with E-state index in [-0.39, 0.29) is 11.9 Å². The molecule has 2 nitrogen and oxygen atoms in total. The normalized spacial score (nSPS) is 14.6. The molecule has 0 bridgehead atoms. The molecule has 0 heterocycles. The molecule has 0 amide bonds. The molecule has 0 aliphatic heterocycles. The van der Waals surface area contributed by atoms with E-state index in [1.807, 2.05) is 19.1 Å². The zero-order chi connectivity index (χ0) is 12.7. The maximum atomic E-state index is 12.7. The Morgan fingerprint density at radius 3 is 2.53 bits per heavy atom. The van der Waals surface area contributed by atoms with E-state index in [1.54, 1.807) is 0 Å². The minimum atomic E-state index is -0.208. The fourth-order valence-corrected chi connectivity index (χ4v) is 1.75. The average Bonchev–Trinajstić information content (AvgIpc) is 2.32. The SMILES string of the molecule is CCC(O)CCNC(C)Cc1ccc(F)cc1. The molecular weight excluding hydrogens is 217 g/mol. The summed E-state index contributed by atoms with van der Waals surface area (Å²) in [6.45, 7) is 4.89. The van der Waals surface area contributed by atoms with Gasteiger partial charge in [-0.1, -0.05) is 19.1 Å². The molecule has 0 spiro atoms. The third-order valence-corrected chi connectivity index (χ3v) is 2.90. The minimum absolute atomic E-state index is 0.194. The molecule has 1 rings (SSSR count). The summed E-state index contributed by atoms with van der Waals surface area (Å²) in [4.78, 5) is 0. The lowest BCUT2D eigenvalue weighted by atomic mass is 10.1. The Bertz CT molecular complexity index is 313. The Labute approximate surface area is 103 Å². The molecule has 0 aliphatic rings. The lowest BCUT2D eigenvalue weighted by Gasteiger charge is -2.15. The maximum absolute atomic E-state index is 12.7. The molecule has 1 aromatic rings. The van der Waals surface area contributed by atoms with E-state index in [2.05, 4.69) is 12.2 Å². The van der Waals surface area contributed by atoms with Crippen LogP contribution in [0.4, 0.5) is 4.39 Å². The molecule has 17 heavy (non-hydrogen) atoms. The molecule has 0 radical (unpaired) electrons. The van der Waals surface area contributed by atoms with E-state index >= 15 is 0 Å². The second kappa shape index (κ2) is 7.41. The zero-order valence-electron chi connectivity index (χ0n) is 10.6. The Balaban J connectivity index is 2.25. The third-order valence-electron chi connectivity index (χ3n) is 2.90. The van der Waals surface area contributed by atoms with Gasteiger partial charge in [0.2, 0.25) is 0 Å². The maximum Gasteiger partial charge on any atom is 0.123 e. The van der Waals surface area contributed by atoms with Crippen LogP contribution in [0.2, 0.25) is 0 Å². The van der Waals surface area contributed by atoms with Gasteiger partial charge in [0.1, 0.15) is 5.82 Å². The fourth-order valence-electron chi connectivity index (χ4n) is 1.75. The van der Waals surface area contributed by atoms with Crippen molar-refractivity contribution in [2.24, 2.45) is 0 Å². The van der Waals surface area contributed by atoms with Gasteiger partial charge in [-0.05, 0) is 50.4 Å². The van der Waals surface area contributed by atoms with Crippen LogP contribution >= 0.6 is 0 Å². The summed E-state index contributed by atoms with van der Waals surface area (Å²) in [5.74, 6) is -0.194. The number of aliphatic hydroxyl groups excluding tert-OH is 1. The van der Waals surface area contributed by atoms with Crippen molar-refractivity contribution >= 4 is 0 Å². The standard InChI is InChI=1S/C14H22FNO/c1-3-14(17)8-9-16-11(2)10-12-4-6-13(15)7-5-12/h4-7,11,14,16-17H,3,8-10H2,1-2H3. The first-order chi connectivity index (χ1) is 8.11. The van der Waals surface area contributed by atoms with E-state index < -0.39 is 0 Å². The highest BCUT2D eigenvalue weighted by Gasteiger charge is 2.05. The second-order valence-electron chi connectivity index (χ2n) is 4.54. The second-order valence-corrected chi connectivity index (χ2v) is 4.54.